The van der Waals surface area contributed by atoms with Gasteiger partial charge < -0.3 is 11.1 Å². The number of hydrogen-bond acceptors (Lipinski definition) is 4. The van der Waals surface area contributed by atoms with E-state index < -0.39 is 0 Å². The zero-order valence-corrected chi connectivity index (χ0v) is 8.80. The molecule has 1 amide bonds. The van der Waals surface area contributed by atoms with Crippen molar-refractivity contribution >= 4 is 17.5 Å². The number of nitrogens with zero attached hydrogens (tertiary/aromatic N) is 3. The molecule has 3 N–H and O–H groups in total. The number of amides is 1. The number of nitrogens with one attached hydrogen (secondary N) is 1. The van der Waals surface area contributed by atoms with Crippen LogP contribution in [0.4, 0.5) is 16.0 Å². The van der Waals surface area contributed by atoms with Crippen LogP contribution in [-0.4, -0.2) is 20.7 Å². The molecule has 2 rings (SSSR count). The minimum Gasteiger partial charge on any atom is -0.367 e. The molecule has 0 aliphatic heterocycles. The fourth-order valence-electron chi connectivity index (χ4n) is 1.27. The molecule has 0 aliphatic carbocycles. The molecule has 1 aromatic heterocycles. The van der Waals surface area contributed by atoms with Crippen LogP contribution in [0, 0.1) is 5.82 Å². The molecule has 6 nitrogen and oxygen atoms in total. The van der Waals surface area contributed by atoms with Gasteiger partial charge in [0.15, 0.2) is 0 Å². The zero-order chi connectivity index (χ0) is 12.3. The Labute approximate surface area is 96.3 Å². The standard InChI is InChI=1S/C10H10FN5O/c11-7-1-3-8(4-2-7)14-9(17)5-16-6-13-10(12)15-16/h1-4,6H,5H2,(H2,12,15)(H,14,17). The first kappa shape index (κ1) is 11.1. The van der Waals surface area contributed by atoms with Crippen LogP contribution in [0.25, 0.3) is 0 Å². The average Bonchev–Trinajstić information content (AvgIpc) is 2.67. The highest BCUT2D eigenvalue weighted by atomic mass is 19.1. The zero-order valence-electron chi connectivity index (χ0n) is 8.80. The minimum atomic E-state index is -0.355. The summed E-state index contributed by atoms with van der Waals surface area (Å²) < 4.78 is 13.9. The Morgan fingerprint density at radius 2 is 2.12 bits per heavy atom. The maximum absolute atomic E-state index is 12.6. The lowest BCUT2D eigenvalue weighted by Crippen LogP contribution is -2.19. The number of anilines is 2. The molecule has 0 atom stereocenters. The summed E-state index contributed by atoms with van der Waals surface area (Å²) in [6.07, 6.45) is 1.36. The summed E-state index contributed by atoms with van der Waals surface area (Å²) in [5, 5.41) is 6.36. The molecular formula is C10H10FN5O. The number of carbonyl (C=O) groups is 1. The van der Waals surface area contributed by atoms with E-state index in [1.807, 2.05) is 0 Å². The third-order valence-corrected chi connectivity index (χ3v) is 1.99. The first-order valence-corrected chi connectivity index (χ1v) is 4.84. The van der Waals surface area contributed by atoms with Crippen molar-refractivity contribution in [2.24, 2.45) is 0 Å². The van der Waals surface area contributed by atoms with Gasteiger partial charge in [-0.2, -0.15) is 0 Å². The molecule has 88 valence electrons. The van der Waals surface area contributed by atoms with Crippen LogP contribution in [0.15, 0.2) is 30.6 Å². The molecular weight excluding hydrogens is 225 g/mol. The molecule has 0 spiro atoms. The maximum Gasteiger partial charge on any atom is 0.246 e. The van der Waals surface area contributed by atoms with Crippen molar-refractivity contribution in [2.45, 2.75) is 6.54 Å². The second kappa shape index (κ2) is 4.60. The Morgan fingerprint density at radius 1 is 1.41 bits per heavy atom. The summed E-state index contributed by atoms with van der Waals surface area (Å²) in [6.45, 7) is 0.00156. The van der Waals surface area contributed by atoms with Crippen LogP contribution in [0.1, 0.15) is 0 Å². The van der Waals surface area contributed by atoms with E-state index in [-0.39, 0.29) is 24.2 Å². The predicted octanol–water partition coefficient (Wildman–Crippen LogP) is 0.638. The van der Waals surface area contributed by atoms with Crippen LogP contribution in [-0.2, 0) is 11.3 Å². The molecule has 0 aliphatic rings. The van der Waals surface area contributed by atoms with E-state index in [9.17, 15) is 9.18 Å². The van der Waals surface area contributed by atoms with Crippen LogP contribution >= 0.6 is 0 Å². The first-order chi connectivity index (χ1) is 8.13. The smallest absolute Gasteiger partial charge is 0.246 e. The lowest BCUT2D eigenvalue weighted by Gasteiger charge is -2.04. The number of hydrogen-bond donors (Lipinski definition) is 2. The first-order valence-electron chi connectivity index (χ1n) is 4.84. The van der Waals surface area contributed by atoms with Gasteiger partial charge in [0, 0.05) is 5.69 Å². The third kappa shape index (κ3) is 3.00. The van der Waals surface area contributed by atoms with Gasteiger partial charge in [0.1, 0.15) is 18.7 Å². The molecule has 0 bridgehead atoms. The SMILES string of the molecule is Nc1ncn(CC(=O)Nc2ccc(F)cc2)n1. The lowest BCUT2D eigenvalue weighted by atomic mass is 10.3. The highest BCUT2D eigenvalue weighted by Crippen LogP contribution is 2.08. The second-order valence-electron chi connectivity index (χ2n) is 3.36. The number of nitrogen functional groups attached to an aromatic ring is 1. The van der Waals surface area contributed by atoms with Crippen molar-refractivity contribution in [2.75, 3.05) is 11.1 Å². The van der Waals surface area contributed by atoms with E-state index in [0.29, 0.717) is 5.69 Å². The van der Waals surface area contributed by atoms with Gasteiger partial charge in [-0.3, -0.25) is 4.79 Å². The Bertz CT molecular complexity index is 522. The molecule has 0 unspecified atom stereocenters. The molecule has 0 saturated heterocycles. The van der Waals surface area contributed by atoms with Crippen LogP contribution in [0.5, 0.6) is 0 Å². The lowest BCUT2D eigenvalue weighted by molar-refractivity contribution is -0.116. The fourth-order valence-corrected chi connectivity index (χ4v) is 1.27. The van der Waals surface area contributed by atoms with Gasteiger partial charge in [-0.1, -0.05) is 0 Å². The van der Waals surface area contributed by atoms with E-state index >= 15 is 0 Å². The Morgan fingerprint density at radius 3 is 2.71 bits per heavy atom. The van der Waals surface area contributed by atoms with E-state index in [2.05, 4.69) is 15.4 Å². The molecule has 7 heteroatoms. The summed E-state index contributed by atoms with van der Waals surface area (Å²) in [5.74, 6) is -0.534. The number of rotatable bonds is 3. The van der Waals surface area contributed by atoms with Crippen molar-refractivity contribution in [1.29, 1.82) is 0 Å². The van der Waals surface area contributed by atoms with E-state index in [0.717, 1.165) is 0 Å². The number of aromatic nitrogens is 3. The summed E-state index contributed by atoms with van der Waals surface area (Å²) in [5.41, 5.74) is 5.83. The van der Waals surface area contributed by atoms with Crippen molar-refractivity contribution in [1.82, 2.24) is 14.8 Å². The molecule has 1 aromatic carbocycles. The second-order valence-corrected chi connectivity index (χ2v) is 3.36. The summed E-state index contributed by atoms with van der Waals surface area (Å²) in [4.78, 5) is 15.2. The van der Waals surface area contributed by atoms with Gasteiger partial charge in [-0.25, -0.2) is 14.1 Å². The molecule has 0 radical (unpaired) electrons. The van der Waals surface area contributed by atoms with Gasteiger partial charge in [0.05, 0.1) is 0 Å². The average molecular weight is 235 g/mol. The van der Waals surface area contributed by atoms with Crippen molar-refractivity contribution in [3.05, 3.63) is 36.4 Å². The van der Waals surface area contributed by atoms with Gasteiger partial charge in [-0.05, 0) is 24.3 Å². The Balaban J connectivity index is 1.95. The van der Waals surface area contributed by atoms with Gasteiger partial charge in [0.25, 0.3) is 0 Å². The molecule has 17 heavy (non-hydrogen) atoms. The summed E-state index contributed by atoms with van der Waals surface area (Å²) >= 11 is 0. The topological polar surface area (TPSA) is 85.8 Å². The highest BCUT2D eigenvalue weighted by Gasteiger charge is 2.05. The number of carbonyl (C=O) groups excluding carboxylic acids is 1. The number of nitrogens with two attached hydrogens (primary N) is 1. The third-order valence-electron chi connectivity index (χ3n) is 1.99. The van der Waals surface area contributed by atoms with Crippen molar-refractivity contribution < 1.29 is 9.18 Å². The van der Waals surface area contributed by atoms with Crippen molar-refractivity contribution in [3.8, 4) is 0 Å². The molecule has 0 fully saturated rings. The van der Waals surface area contributed by atoms with Gasteiger partial charge >= 0.3 is 0 Å². The van der Waals surface area contributed by atoms with Crippen LogP contribution in [0.2, 0.25) is 0 Å². The fraction of sp³-hybridized carbons (Fsp3) is 0.100. The summed E-state index contributed by atoms with van der Waals surface area (Å²) in [7, 11) is 0. The van der Waals surface area contributed by atoms with E-state index in [1.54, 1.807) is 0 Å². The summed E-state index contributed by atoms with van der Waals surface area (Å²) in [6, 6.07) is 5.48. The van der Waals surface area contributed by atoms with Gasteiger partial charge in [-0.15, -0.1) is 5.10 Å². The van der Waals surface area contributed by atoms with Gasteiger partial charge in [0.2, 0.25) is 11.9 Å². The normalized spacial score (nSPS) is 10.2. The van der Waals surface area contributed by atoms with Crippen LogP contribution in [0.3, 0.4) is 0 Å². The van der Waals surface area contributed by atoms with E-state index in [1.165, 1.54) is 35.3 Å². The minimum absolute atomic E-state index is 0.00156. The number of halogens is 1. The highest BCUT2D eigenvalue weighted by molar-refractivity contribution is 5.90. The maximum atomic E-state index is 12.6. The largest absolute Gasteiger partial charge is 0.367 e. The quantitative estimate of drug-likeness (QED) is 0.817. The molecule has 1 heterocycles. The Kier molecular flexibility index (Phi) is 2.99. The number of benzene rings is 1. The monoisotopic (exact) mass is 235 g/mol. The Hall–Kier alpha value is -2.44. The molecule has 2 aromatic rings. The van der Waals surface area contributed by atoms with Crippen LogP contribution < -0.4 is 11.1 Å². The van der Waals surface area contributed by atoms with Crippen molar-refractivity contribution in [3.63, 3.8) is 0 Å². The van der Waals surface area contributed by atoms with E-state index in [4.69, 9.17) is 5.73 Å². The molecule has 0 saturated carbocycles. The predicted molar refractivity (Wildman–Crippen MR) is 59.5 cm³/mol.